The minimum absolute atomic E-state index is 0.0301. The average molecular weight is 377 g/mol. The zero-order valence-corrected chi connectivity index (χ0v) is 17.1. The Kier molecular flexibility index (Phi) is 4.84. The van der Waals surface area contributed by atoms with Gasteiger partial charge in [0.25, 0.3) is 0 Å². The van der Waals surface area contributed by atoms with Crippen LogP contribution >= 0.6 is 0 Å². The number of anilines is 1. The third kappa shape index (κ3) is 3.75. The van der Waals surface area contributed by atoms with Gasteiger partial charge in [-0.3, -0.25) is 0 Å². The molecule has 2 heterocycles. The number of fused-ring (bicyclic) bond motifs is 1. The molecule has 0 bridgehead atoms. The third-order valence-electron chi connectivity index (χ3n) is 5.68. The van der Waals surface area contributed by atoms with E-state index < -0.39 is 0 Å². The zero-order valence-electron chi connectivity index (χ0n) is 17.1. The van der Waals surface area contributed by atoms with Crippen LogP contribution in [0.5, 0.6) is 0 Å². The van der Waals surface area contributed by atoms with Crippen molar-refractivity contribution in [2.45, 2.75) is 46.5 Å². The maximum absolute atomic E-state index is 12.8. The Bertz CT molecular complexity index is 977. The largest absolute Gasteiger partial charge is 0.342 e. The van der Waals surface area contributed by atoms with Gasteiger partial charge >= 0.3 is 6.03 Å². The Hall–Kier alpha value is -2.82. The monoisotopic (exact) mass is 376 g/mol. The van der Waals surface area contributed by atoms with Crippen LogP contribution in [0.25, 0.3) is 11.0 Å². The van der Waals surface area contributed by atoms with E-state index in [1.165, 1.54) is 11.1 Å². The molecule has 1 aliphatic heterocycles. The smallest absolute Gasteiger partial charge is 0.321 e. The van der Waals surface area contributed by atoms with Crippen molar-refractivity contribution in [2.75, 3.05) is 18.4 Å². The number of nitrogens with zero attached hydrogens (tertiary/aromatic N) is 2. The number of hydrogen-bond acceptors (Lipinski definition) is 2. The lowest BCUT2D eigenvalue weighted by molar-refractivity contribution is 0.191. The molecule has 5 heteroatoms. The van der Waals surface area contributed by atoms with Crippen LogP contribution in [0.3, 0.4) is 0 Å². The first-order chi connectivity index (χ1) is 13.4. The standard InChI is InChI=1S/C23H28N4O/c1-14-8-15(2)10-19(9-14)24-23(28)27-7-5-6-18(13-27)22-25-20-11-16(3)17(4)12-21(20)26-22/h8-12,18H,5-7,13H2,1-4H3,(H,24,28)(H,25,26). The van der Waals surface area contributed by atoms with Gasteiger partial charge in [0, 0.05) is 24.7 Å². The Morgan fingerprint density at radius 2 is 1.79 bits per heavy atom. The molecule has 28 heavy (non-hydrogen) atoms. The van der Waals surface area contributed by atoms with Gasteiger partial charge in [-0.2, -0.15) is 0 Å². The van der Waals surface area contributed by atoms with Gasteiger partial charge in [0.2, 0.25) is 0 Å². The normalized spacial score (nSPS) is 17.1. The van der Waals surface area contributed by atoms with Crippen molar-refractivity contribution in [1.29, 1.82) is 0 Å². The second-order valence-electron chi connectivity index (χ2n) is 8.17. The minimum Gasteiger partial charge on any atom is -0.342 e. The molecule has 1 unspecified atom stereocenters. The number of aryl methyl sites for hydroxylation is 4. The molecule has 2 aromatic carbocycles. The van der Waals surface area contributed by atoms with Crippen molar-refractivity contribution < 1.29 is 4.79 Å². The van der Waals surface area contributed by atoms with Gasteiger partial charge < -0.3 is 15.2 Å². The van der Waals surface area contributed by atoms with Crippen LogP contribution < -0.4 is 5.32 Å². The van der Waals surface area contributed by atoms with Gasteiger partial charge in [-0.05, 0) is 87.1 Å². The number of carbonyl (C=O) groups is 1. The van der Waals surface area contributed by atoms with E-state index in [0.717, 1.165) is 53.1 Å². The van der Waals surface area contributed by atoms with Crippen LogP contribution in [0.2, 0.25) is 0 Å². The molecule has 0 saturated carbocycles. The van der Waals surface area contributed by atoms with Gasteiger partial charge in [0.05, 0.1) is 11.0 Å². The lowest BCUT2D eigenvalue weighted by atomic mass is 9.97. The van der Waals surface area contributed by atoms with Crippen LogP contribution in [0.1, 0.15) is 46.8 Å². The van der Waals surface area contributed by atoms with Crippen LogP contribution in [-0.2, 0) is 0 Å². The van der Waals surface area contributed by atoms with Gasteiger partial charge in [-0.25, -0.2) is 9.78 Å². The fraction of sp³-hybridized carbons (Fsp3) is 0.391. The molecule has 3 aromatic rings. The maximum Gasteiger partial charge on any atom is 0.321 e. The number of amides is 2. The van der Waals surface area contributed by atoms with E-state index in [0.29, 0.717) is 6.54 Å². The number of benzene rings is 2. The highest BCUT2D eigenvalue weighted by atomic mass is 16.2. The molecular formula is C23H28N4O. The molecule has 1 aliphatic rings. The van der Waals surface area contributed by atoms with E-state index in [4.69, 9.17) is 4.98 Å². The summed E-state index contributed by atoms with van der Waals surface area (Å²) in [5.41, 5.74) is 7.77. The van der Waals surface area contributed by atoms with E-state index in [-0.39, 0.29) is 11.9 Å². The van der Waals surface area contributed by atoms with Crippen LogP contribution in [0, 0.1) is 27.7 Å². The van der Waals surface area contributed by atoms with Crippen LogP contribution in [-0.4, -0.2) is 34.0 Å². The Morgan fingerprint density at radius 1 is 1.07 bits per heavy atom. The summed E-state index contributed by atoms with van der Waals surface area (Å²) < 4.78 is 0. The lowest BCUT2D eigenvalue weighted by Crippen LogP contribution is -2.41. The number of hydrogen-bond donors (Lipinski definition) is 2. The fourth-order valence-electron chi connectivity index (χ4n) is 4.12. The zero-order chi connectivity index (χ0) is 19.8. The summed E-state index contributed by atoms with van der Waals surface area (Å²) >= 11 is 0. The summed E-state index contributed by atoms with van der Waals surface area (Å²) in [6.07, 6.45) is 2.03. The summed E-state index contributed by atoms with van der Waals surface area (Å²) in [6, 6.07) is 10.4. The number of carbonyl (C=O) groups excluding carboxylic acids is 1. The number of nitrogens with one attached hydrogen (secondary N) is 2. The van der Waals surface area contributed by atoms with Crippen molar-refractivity contribution in [3.63, 3.8) is 0 Å². The van der Waals surface area contributed by atoms with E-state index in [9.17, 15) is 4.79 Å². The highest BCUT2D eigenvalue weighted by Gasteiger charge is 2.27. The van der Waals surface area contributed by atoms with E-state index in [1.807, 2.05) is 30.9 Å². The molecule has 1 aromatic heterocycles. The number of rotatable bonds is 2. The Labute approximate surface area is 166 Å². The second kappa shape index (κ2) is 7.30. The third-order valence-corrected chi connectivity index (χ3v) is 5.68. The summed E-state index contributed by atoms with van der Waals surface area (Å²) in [4.78, 5) is 23.0. The first kappa shape index (κ1) is 18.5. The quantitative estimate of drug-likeness (QED) is 0.645. The number of imidazole rings is 1. The first-order valence-electron chi connectivity index (χ1n) is 10.00. The predicted octanol–water partition coefficient (Wildman–Crippen LogP) is 5.21. The van der Waals surface area contributed by atoms with Gasteiger partial charge in [0.1, 0.15) is 5.82 Å². The second-order valence-corrected chi connectivity index (χ2v) is 8.17. The molecular weight excluding hydrogens is 348 g/mol. The van der Waals surface area contributed by atoms with Crippen molar-refractivity contribution in [3.8, 4) is 0 Å². The molecule has 146 valence electrons. The van der Waals surface area contributed by atoms with E-state index >= 15 is 0 Å². The van der Waals surface area contributed by atoms with Gasteiger partial charge in [-0.1, -0.05) is 6.07 Å². The summed E-state index contributed by atoms with van der Waals surface area (Å²) in [7, 11) is 0. The Morgan fingerprint density at radius 3 is 2.54 bits per heavy atom. The topological polar surface area (TPSA) is 61.0 Å². The minimum atomic E-state index is -0.0301. The molecule has 1 saturated heterocycles. The number of H-pyrrole nitrogens is 1. The Balaban J connectivity index is 1.50. The maximum atomic E-state index is 12.8. The number of piperidine rings is 1. The molecule has 1 atom stereocenters. The number of urea groups is 1. The number of aromatic amines is 1. The summed E-state index contributed by atoms with van der Waals surface area (Å²) in [5, 5.41) is 3.06. The number of aromatic nitrogens is 2. The molecule has 0 aliphatic carbocycles. The highest BCUT2D eigenvalue weighted by Crippen LogP contribution is 2.28. The van der Waals surface area contributed by atoms with Crippen LogP contribution in [0.15, 0.2) is 30.3 Å². The predicted molar refractivity (Wildman–Crippen MR) is 114 cm³/mol. The lowest BCUT2D eigenvalue weighted by Gasteiger charge is -2.32. The molecule has 5 nitrogen and oxygen atoms in total. The van der Waals surface area contributed by atoms with E-state index in [1.54, 1.807) is 0 Å². The first-order valence-corrected chi connectivity index (χ1v) is 10.00. The van der Waals surface area contributed by atoms with Crippen molar-refractivity contribution in [3.05, 3.63) is 58.4 Å². The average Bonchev–Trinajstić information content (AvgIpc) is 3.04. The van der Waals surface area contributed by atoms with E-state index in [2.05, 4.69) is 42.3 Å². The van der Waals surface area contributed by atoms with Gasteiger partial charge in [-0.15, -0.1) is 0 Å². The molecule has 4 rings (SSSR count). The van der Waals surface area contributed by atoms with Crippen molar-refractivity contribution in [1.82, 2.24) is 14.9 Å². The molecule has 2 amide bonds. The number of likely N-dealkylation sites (tertiary alicyclic amines) is 1. The summed E-state index contributed by atoms with van der Waals surface area (Å²) in [5.74, 6) is 1.23. The SMILES string of the molecule is Cc1cc(C)cc(NC(=O)N2CCCC(c3nc4cc(C)c(C)cc4[nH]3)C2)c1. The van der Waals surface area contributed by atoms with Crippen LogP contribution in [0.4, 0.5) is 10.5 Å². The fourth-order valence-corrected chi connectivity index (χ4v) is 4.12. The molecule has 1 fully saturated rings. The van der Waals surface area contributed by atoms with Crippen molar-refractivity contribution in [2.24, 2.45) is 0 Å². The molecule has 2 N–H and O–H groups in total. The highest BCUT2D eigenvalue weighted by molar-refractivity contribution is 5.89. The molecule has 0 spiro atoms. The summed E-state index contributed by atoms with van der Waals surface area (Å²) in [6.45, 7) is 9.80. The van der Waals surface area contributed by atoms with Crippen molar-refractivity contribution >= 4 is 22.8 Å². The van der Waals surface area contributed by atoms with Gasteiger partial charge in [0.15, 0.2) is 0 Å². The molecule has 0 radical (unpaired) electrons.